The molecule has 1 atom stereocenters. The lowest BCUT2D eigenvalue weighted by Gasteiger charge is -2.36. The van der Waals surface area contributed by atoms with Crippen molar-refractivity contribution in [3.05, 3.63) is 29.6 Å². The maximum atomic E-state index is 13.0. The molecule has 1 heterocycles. The third-order valence-corrected chi connectivity index (χ3v) is 5.00. The Bertz CT molecular complexity index is 477. The third-order valence-electron chi connectivity index (χ3n) is 5.00. The second kappa shape index (κ2) is 5.04. The van der Waals surface area contributed by atoms with Crippen molar-refractivity contribution in [3.8, 4) is 0 Å². The first kappa shape index (κ1) is 12.8. The number of aromatic nitrogens is 1. The second-order valence-electron chi connectivity index (χ2n) is 6.05. The number of hydrogen-bond donors (Lipinski definition) is 1. The van der Waals surface area contributed by atoms with Gasteiger partial charge in [-0.3, -0.25) is 9.78 Å². The average molecular weight is 258 g/mol. The van der Waals surface area contributed by atoms with Crippen molar-refractivity contribution in [2.24, 2.45) is 11.1 Å². The minimum atomic E-state index is -0.262. The standard InChI is InChI=1S/C16H22N2O/c17-11-16(8-2-1-3-9-16)15(19)13-7-6-12-5-4-10-18-14(12)13/h4-5,10,13H,1-3,6-9,11,17H2. The molecule has 3 rings (SSSR count). The van der Waals surface area contributed by atoms with Gasteiger partial charge in [0.15, 0.2) is 0 Å². The summed E-state index contributed by atoms with van der Waals surface area (Å²) in [6, 6.07) is 4.07. The minimum absolute atomic E-state index is 0.00199. The normalized spacial score (nSPS) is 25.0. The number of rotatable bonds is 3. The number of nitrogens with two attached hydrogens (primary N) is 1. The van der Waals surface area contributed by atoms with Crippen LogP contribution in [0.3, 0.4) is 0 Å². The Labute approximate surface area is 114 Å². The summed E-state index contributed by atoms with van der Waals surface area (Å²) in [4.78, 5) is 17.5. The molecule has 19 heavy (non-hydrogen) atoms. The summed E-state index contributed by atoms with van der Waals surface area (Å²) in [6.07, 6.45) is 9.19. The van der Waals surface area contributed by atoms with Crippen LogP contribution in [0.15, 0.2) is 18.3 Å². The third kappa shape index (κ3) is 2.10. The van der Waals surface area contributed by atoms with Crippen LogP contribution in [0.4, 0.5) is 0 Å². The zero-order valence-electron chi connectivity index (χ0n) is 11.4. The lowest BCUT2D eigenvalue weighted by atomic mass is 9.67. The van der Waals surface area contributed by atoms with Gasteiger partial charge >= 0.3 is 0 Å². The number of aryl methyl sites for hydroxylation is 1. The highest BCUT2D eigenvalue weighted by Gasteiger charge is 2.44. The first-order valence-electron chi connectivity index (χ1n) is 7.45. The van der Waals surface area contributed by atoms with Crippen LogP contribution in [0.5, 0.6) is 0 Å². The Hall–Kier alpha value is -1.22. The highest BCUT2D eigenvalue weighted by atomic mass is 16.1. The molecule has 0 radical (unpaired) electrons. The summed E-state index contributed by atoms with van der Waals surface area (Å²) in [5, 5.41) is 0. The Morgan fingerprint density at radius 2 is 2.16 bits per heavy atom. The van der Waals surface area contributed by atoms with E-state index in [9.17, 15) is 4.79 Å². The van der Waals surface area contributed by atoms with E-state index in [0.29, 0.717) is 12.3 Å². The first-order chi connectivity index (χ1) is 9.27. The number of pyridine rings is 1. The summed E-state index contributed by atoms with van der Waals surface area (Å²) in [6.45, 7) is 0.504. The minimum Gasteiger partial charge on any atom is -0.329 e. The molecule has 0 spiro atoms. The zero-order chi connectivity index (χ0) is 13.3. The van der Waals surface area contributed by atoms with Crippen LogP contribution in [0.25, 0.3) is 0 Å². The van der Waals surface area contributed by atoms with E-state index in [0.717, 1.165) is 44.2 Å². The van der Waals surface area contributed by atoms with E-state index < -0.39 is 0 Å². The summed E-state index contributed by atoms with van der Waals surface area (Å²) < 4.78 is 0. The summed E-state index contributed by atoms with van der Waals surface area (Å²) >= 11 is 0. The fraction of sp³-hybridized carbons (Fsp3) is 0.625. The highest BCUT2D eigenvalue weighted by Crippen LogP contribution is 2.43. The average Bonchev–Trinajstić information content (AvgIpc) is 2.91. The van der Waals surface area contributed by atoms with E-state index in [4.69, 9.17) is 5.73 Å². The molecule has 2 N–H and O–H groups in total. The summed E-state index contributed by atoms with van der Waals surface area (Å²) in [7, 11) is 0. The van der Waals surface area contributed by atoms with E-state index in [-0.39, 0.29) is 11.3 Å². The van der Waals surface area contributed by atoms with Crippen LogP contribution in [0.1, 0.15) is 55.7 Å². The van der Waals surface area contributed by atoms with Gasteiger partial charge in [0.25, 0.3) is 0 Å². The maximum Gasteiger partial charge on any atom is 0.149 e. The largest absolute Gasteiger partial charge is 0.329 e. The molecule has 3 heteroatoms. The predicted molar refractivity (Wildman–Crippen MR) is 74.9 cm³/mol. The van der Waals surface area contributed by atoms with Gasteiger partial charge in [-0.2, -0.15) is 0 Å². The van der Waals surface area contributed by atoms with E-state index in [1.165, 1.54) is 12.0 Å². The van der Waals surface area contributed by atoms with E-state index in [1.54, 1.807) is 6.20 Å². The number of hydrogen-bond acceptors (Lipinski definition) is 3. The fourth-order valence-corrected chi connectivity index (χ4v) is 3.82. The van der Waals surface area contributed by atoms with Gasteiger partial charge in [0, 0.05) is 18.2 Å². The quantitative estimate of drug-likeness (QED) is 0.906. The van der Waals surface area contributed by atoms with E-state index >= 15 is 0 Å². The smallest absolute Gasteiger partial charge is 0.149 e. The first-order valence-corrected chi connectivity index (χ1v) is 7.45. The molecule has 1 fully saturated rings. The van der Waals surface area contributed by atoms with Crippen LogP contribution in [0, 0.1) is 5.41 Å². The van der Waals surface area contributed by atoms with Crippen LogP contribution < -0.4 is 5.73 Å². The van der Waals surface area contributed by atoms with Crippen molar-refractivity contribution >= 4 is 5.78 Å². The predicted octanol–water partition coefficient (Wildman–Crippen LogP) is 2.59. The molecule has 0 aliphatic heterocycles. The lowest BCUT2D eigenvalue weighted by molar-refractivity contribution is -0.131. The summed E-state index contributed by atoms with van der Waals surface area (Å²) in [5.74, 6) is 0.366. The topological polar surface area (TPSA) is 56.0 Å². The van der Waals surface area contributed by atoms with Crippen LogP contribution in [-0.2, 0) is 11.2 Å². The van der Waals surface area contributed by atoms with Gasteiger partial charge in [0.1, 0.15) is 5.78 Å². The molecule has 2 aliphatic rings. The van der Waals surface area contributed by atoms with Gasteiger partial charge in [-0.25, -0.2) is 0 Å². The number of ketones is 1. The monoisotopic (exact) mass is 258 g/mol. The number of fused-ring (bicyclic) bond motifs is 1. The van der Waals surface area contributed by atoms with E-state index in [2.05, 4.69) is 11.1 Å². The Morgan fingerprint density at radius 1 is 1.37 bits per heavy atom. The molecule has 1 saturated carbocycles. The fourth-order valence-electron chi connectivity index (χ4n) is 3.82. The zero-order valence-corrected chi connectivity index (χ0v) is 11.4. The van der Waals surface area contributed by atoms with Crippen LogP contribution in [-0.4, -0.2) is 17.3 Å². The van der Waals surface area contributed by atoms with Gasteiger partial charge in [0.05, 0.1) is 11.6 Å². The number of Topliss-reactive ketones (excluding diaryl/α,β-unsaturated/α-hetero) is 1. The number of carbonyl (C=O) groups is 1. The highest BCUT2D eigenvalue weighted by molar-refractivity contribution is 5.92. The molecule has 0 bridgehead atoms. The molecule has 0 amide bonds. The summed E-state index contributed by atoms with van der Waals surface area (Å²) in [5.41, 5.74) is 8.00. The molecule has 0 aromatic carbocycles. The second-order valence-corrected chi connectivity index (χ2v) is 6.05. The van der Waals surface area contributed by atoms with Crippen molar-refractivity contribution in [2.45, 2.75) is 50.9 Å². The molecule has 1 aromatic rings. The van der Waals surface area contributed by atoms with Crippen LogP contribution >= 0.6 is 0 Å². The number of nitrogens with zero attached hydrogens (tertiary/aromatic N) is 1. The lowest BCUT2D eigenvalue weighted by Crippen LogP contribution is -2.42. The molecule has 2 aliphatic carbocycles. The van der Waals surface area contributed by atoms with Crippen molar-refractivity contribution in [3.63, 3.8) is 0 Å². The van der Waals surface area contributed by atoms with E-state index in [1.807, 2.05) is 6.07 Å². The van der Waals surface area contributed by atoms with Gasteiger partial charge < -0.3 is 5.73 Å². The molecular weight excluding hydrogens is 236 g/mol. The Balaban J connectivity index is 1.88. The SMILES string of the molecule is NCC1(C(=O)C2CCc3cccnc32)CCCCC1. The van der Waals surface area contributed by atoms with Gasteiger partial charge in [-0.1, -0.05) is 25.3 Å². The molecule has 1 aromatic heterocycles. The van der Waals surface area contributed by atoms with Gasteiger partial charge in [0.2, 0.25) is 0 Å². The maximum absolute atomic E-state index is 13.0. The number of carbonyl (C=O) groups excluding carboxylic acids is 1. The van der Waals surface area contributed by atoms with Gasteiger partial charge in [-0.15, -0.1) is 0 Å². The van der Waals surface area contributed by atoms with Crippen molar-refractivity contribution in [2.75, 3.05) is 6.54 Å². The van der Waals surface area contributed by atoms with Crippen molar-refractivity contribution in [1.82, 2.24) is 4.98 Å². The molecule has 102 valence electrons. The molecule has 1 unspecified atom stereocenters. The van der Waals surface area contributed by atoms with Crippen molar-refractivity contribution < 1.29 is 4.79 Å². The molecule has 0 saturated heterocycles. The Kier molecular flexibility index (Phi) is 3.40. The molecule has 3 nitrogen and oxygen atoms in total. The van der Waals surface area contributed by atoms with Crippen LogP contribution in [0.2, 0.25) is 0 Å². The Morgan fingerprint density at radius 3 is 2.89 bits per heavy atom. The van der Waals surface area contributed by atoms with Crippen molar-refractivity contribution in [1.29, 1.82) is 0 Å². The van der Waals surface area contributed by atoms with Gasteiger partial charge in [-0.05, 0) is 37.3 Å². The molecular formula is C16H22N2O.